The minimum atomic E-state index is 0. The number of unbranched alkanes of at least 4 members (excludes halogenated alkanes) is 17. The average Bonchev–Trinajstić information content (AvgIpc) is 3.33. The van der Waals surface area contributed by atoms with E-state index in [9.17, 15) is 0 Å². The van der Waals surface area contributed by atoms with Crippen molar-refractivity contribution in [3.05, 3.63) is 128 Å². The van der Waals surface area contributed by atoms with Crippen molar-refractivity contribution >= 4 is 39.0 Å². The summed E-state index contributed by atoms with van der Waals surface area (Å²) < 4.78 is 11.1. The Hall–Kier alpha value is -1.18. The van der Waals surface area contributed by atoms with Crippen LogP contribution in [0.3, 0.4) is 0 Å². The topological polar surface area (TPSA) is 38.7 Å². The maximum atomic E-state index is 8.74. The van der Waals surface area contributed by atoms with Crippen molar-refractivity contribution in [2.75, 3.05) is 25.2 Å². The number of hydrogen-bond donors (Lipinski definition) is 1. The van der Waals surface area contributed by atoms with Crippen molar-refractivity contribution < 1.29 is 27.0 Å². The number of rotatable bonds is 42. The van der Waals surface area contributed by atoms with Gasteiger partial charge < -0.3 is 33.9 Å². The summed E-state index contributed by atoms with van der Waals surface area (Å²) in [5, 5.41) is 9.86. The third-order valence-electron chi connectivity index (χ3n) is 10.7. The quantitative estimate of drug-likeness (QED) is 0.0218. The second-order valence-corrected chi connectivity index (χ2v) is 17.7. The Morgan fingerprint density at radius 1 is 0.463 bits per heavy atom. The van der Waals surface area contributed by atoms with Gasteiger partial charge in [0.05, 0.1) is 0 Å². The Morgan fingerprint density at radius 2 is 0.806 bits per heavy atom. The fourth-order valence-electron chi connectivity index (χ4n) is 6.75. The molecule has 382 valence electrons. The fourth-order valence-corrected chi connectivity index (χ4v) is 7.15. The molecule has 0 bridgehead atoms. The van der Waals surface area contributed by atoms with Crippen LogP contribution in [0.25, 0.3) is 0 Å². The van der Waals surface area contributed by atoms with Gasteiger partial charge in [0.2, 0.25) is 0 Å². The zero-order valence-electron chi connectivity index (χ0n) is 43.7. The van der Waals surface area contributed by atoms with E-state index in [0.29, 0.717) is 6.61 Å². The van der Waals surface area contributed by atoms with Crippen LogP contribution in [0.15, 0.2) is 122 Å². The van der Waals surface area contributed by atoms with E-state index in [2.05, 4.69) is 158 Å². The summed E-state index contributed by atoms with van der Waals surface area (Å²) in [6, 6.07) is 0. The van der Waals surface area contributed by atoms with E-state index in [-0.39, 0.29) is 41.7 Å². The van der Waals surface area contributed by atoms with E-state index < -0.39 is 0 Å². The SMILES string of the molecule is CC/C=C\C/C=C\C/C=C\C/C=C\C/C=C\CCCCBr.CC/C=C\C/C=C\C/C=C\C/C=C\C/C=C\CCCCCCCCCCCCO.[CH2-]CCCCCCCOC1CCCCO1.[Cl-].[Mg+2]. The monoisotopic (exact) mass is 1020 g/mol. The van der Waals surface area contributed by atoms with Crippen molar-refractivity contribution in [1.29, 1.82) is 0 Å². The molecule has 0 radical (unpaired) electrons. The second-order valence-electron chi connectivity index (χ2n) is 16.9. The van der Waals surface area contributed by atoms with Crippen LogP contribution in [0.4, 0.5) is 0 Å². The molecule has 0 amide bonds. The third-order valence-corrected chi connectivity index (χ3v) is 11.2. The van der Waals surface area contributed by atoms with E-state index in [4.69, 9.17) is 14.6 Å². The molecule has 1 aliphatic heterocycles. The van der Waals surface area contributed by atoms with Crippen LogP contribution in [0, 0.1) is 6.92 Å². The van der Waals surface area contributed by atoms with E-state index in [1.807, 2.05) is 0 Å². The number of hydrogen-bond acceptors (Lipinski definition) is 3. The summed E-state index contributed by atoms with van der Waals surface area (Å²) in [6.45, 7) is 10.3. The Labute approximate surface area is 448 Å². The molecule has 0 aromatic heterocycles. The summed E-state index contributed by atoms with van der Waals surface area (Å²) in [6.07, 6.45) is 84.8. The molecule has 1 saturated heterocycles. The molecule has 0 aromatic carbocycles. The van der Waals surface area contributed by atoms with E-state index in [0.717, 1.165) is 102 Å². The molecule has 1 aliphatic rings. The number of aliphatic hydroxyl groups is 1. The first-order valence-corrected chi connectivity index (χ1v) is 28.1. The maximum absolute atomic E-state index is 8.74. The van der Waals surface area contributed by atoms with Gasteiger partial charge in [0, 0.05) is 25.2 Å². The molecular weight excluding hydrogens is 920 g/mol. The van der Waals surface area contributed by atoms with E-state index >= 15 is 0 Å². The summed E-state index contributed by atoms with van der Waals surface area (Å²) in [5.74, 6) is 0. The molecule has 1 N–H and O–H groups in total. The summed E-state index contributed by atoms with van der Waals surface area (Å²) >= 11 is 3.45. The second kappa shape index (κ2) is 71.4. The Morgan fingerprint density at radius 3 is 1.16 bits per heavy atom. The van der Waals surface area contributed by atoms with Crippen LogP contribution < -0.4 is 12.4 Å². The van der Waals surface area contributed by atoms with Gasteiger partial charge >= 0.3 is 23.1 Å². The van der Waals surface area contributed by atoms with Crippen molar-refractivity contribution in [2.24, 2.45) is 0 Å². The molecule has 0 spiro atoms. The zero-order chi connectivity index (χ0) is 47.3. The molecule has 6 heteroatoms. The van der Waals surface area contributed by atoms with Crippen LogP contribution in [0.1, 0.15) is 226 Å². The summed E-state index contributed by atoms with van der Waals surface area (Å²) in [7, 11) is 0. The largest absolute Gasteiger partial charge is 2.00 e. The molecule has 1 unspecified atom stereocenters. The molecule has 0 saturated carbocycles. The van der Waals surface area contributed by atoms with Crippen LogP contribution in [0.2, 0.25) is 0 Å². The molecule has 3 nitrogen and oxygen atoms in total. The van der Waals surface area contributed by atoms with Crippen molar-refractivity contribution in [1.82, 2.24) is 0 Å². The maximum Gasteiger partial charge on any atom is 2.00 e. The molecule has 1 atom stereocenters. The minimum absolute atomic E-state index is 0. The van der Waals surface area contributed by atoms with Crippen LogP contribution >= 0.6 is 15.9 Å². The smallest absolute Gasteiger partial charge is 1.00 e. The third kappa shape index (κ3) is 71.5. The van der Waals surface area contributed by atoms with Gasteiger partial charge in [-0.25, -0.2) is 0 Å². The number of ether oxygens (including phenoxy) is 2. The standard InChI is InChI=1S/C28H48O.C20H31Br.C13H25O2.ClH.Mg/c1-2-3-4-5-6-7-8-9-10-11-12-13-14-15-16-17-18-19-20-21-22-23-24-25-26-27-28-29;1-2-3-4-5-6-7-8-9-10-11-12-13-14-15-16-17-18-19-20-21;1-2-3-4-5-6-8-11-14-13-10-7-9-12-15-13;;/h3-4,6-7,9-10,12-13,15-16,29H,2,5,8,11,14,17-28H2,1H3;3-4,6-7,9-10,12-13,15-16H,2,5,8,11,14,17-20H2,1H3;13H,1-12H2;1H;/q;;-1;;+2/p-1/b2*4-3-,7-6-,10-9-,13-12-,16-15-;;;. The van der Waals surface area contributed by atoms with Crippen LogP contribution in [-0.4, -0.2) is 59.6 Å². The minimum Gasteiger partial charge on any atom is -1.00 e. The van der Waals surface area contributed by atoms with Gasteiger partial charge in [0.25, 0.3) is 0 Å². The van der Waals surface area contributed by atoms with Crippen LogP contribution in [-0.2, 0) is 9.47 Å². The van der Waals surface area contributed by atoms with Gasteiger partial charge in [-0.15, -0.1) is 0 Å². The van der Waals surface area contributed by atoms with Crippen molar-refractivity contribution in [3.63, 3.8) is 0 Å². The Balaban J connectivity index is -0.000000460. The van der Waals surface area contributed by atoms with Crippen LogP contribution in [0.5, 0.6) is 0 Å². The molecule has 0 aromatic rings. The predicted molar refractivity (Wildman–Crippen MR) is 303 cm³/mol. The molecule has 1 fully saturated rings. The zero-order valence-corrected chi connectivity index (χ0v) is 47.5. The number of halogens is 2. The van der Waals surface area contributed by atoms with E-state index in [1.165, 1.54) is 128 Å². The van der Waals surface area contributed by atoms with Gasteiger partial charge in [0.15, 0.2) is 6.29 Å². The van der Waals surface area contributed by atoms with E-state index in [1.54, 1.807) is 0 Å². The normalized spacial score (nSPS) is 14.5. The van der Waals surface area contributed by atoms with Gasteiger partial charge in [-0.1, -0.05) is 228 Å². The van der Waals surface area contributed by atoms with Gasteiger partial charge in [-0.3, -0.25) is 0 Å². The first kappa shape index (κ1) is 72.4. The Kier molecular flexibility index (Phi) is 77.1. The number of aliphatic hydroxyl groups excluding tert-OH is 1. The summed E-state index contributed by atoms with van der Waals surface area (Å²) in [4.78, 5) is 0. The first-order valence-electron chi connectivity index (χ1n) is 27.0. The van der Waals surface area contributed by atoms with Gasteiger partial charge in [-0.05, 0) is 128 Å². The molecule has 1 heterocycles. The number of allylic oxidation sites excluding steroid dienone is 20. The van der Waals surface area contributed by atoms with Gasteiger partial charge in [-0.2, -0.15) is 6.42 Å². The fraction of sp³-hybridized carbons (Fsp3) is 0.656. The van der Waals surface area contributed by atoms with Crippen molar-refractivity contribution in [2.45, 2.75) is 232 Å². The summed E-state index contributed by atoms with van der Waals surface area (Å²) in [5.41, 5.74) is 0. The first-order chi connectivity index (χ1) is 32.3. The Bertz CT molecular complexity index is 1190. The molecular formula is C61H104BrClMgO3. The molecule has 1 rings (SSSR count). The predicted octanol–water partition coefficient (Wildman–Crippen LogP) is 16.7. The van der Waals surface area contributed by atoms with Gasteiger partial charge in [0.1, 0.15) is 0 Å². The average molecular weight is 1030 g/mol. The number of alkyl halides is 1. The van der Waals surface area contributed by atoms with Crippen molar-refractivity contribution in [3.8, 4) is 0 Å². The molecule has 0 aliphatic carbocycles. The molecule has 67 heavy (non-hydrogen) atoms.